The standard InChI is InChI=1S/C12H15N3O2S/c1-3-18(16,17)11-6-4-10(5-7-11)13-12-8-9-15(2)14-12/h4-9H,3H2,1-2H3,(H,13,14). The Morgan fingerprint density at radius 3 is 2.39 bits per heavy atom. The van der Waals surface area contributed by atoms with Gasteiger partial charge in [-0.25, -0.2) is 8.42 Å². The number of hydrogen-bond donors (Lipinski definition) is 1. The fraction of sp³-hybridized carbons (Fsp3) is 0.250. The SMILES string of the molecule is CCS(=O)(=O)c1ccc(Nc2ccn(C)n2)cc1. The van der Waals surface area contributed by atoms with Gasteiger partial charge in [-0.2, -0.15) is 5.10 Å². The Balaban J connectivity index is 2.18. The second kappa shape index (κ2) is 4.81. The van der Waals surface area contributed by atoms with Gasteiger partial charge in [0.1, 0.15) is 0 Å². The fourth-order valence-electron chi connectivity index (χ4n) is 1.54. The van der Waals surface area contributed by atoms with Crippen molar-refractivity contribution in [3.05, 3.63) is 36.5 Å². The molecule has 0 unspecified atom stereocenters. The van der Waals surface area contributed by atoms with E-state index in [0.29, 0.717) is 4.90 Å². The van der Waals surface area contributed by atoms with Crippen LogP contribution in [0.5, 0.6) is 0 Å². The minimum absolute atomic E-state index is 0.111. The third-order valence-electron chi connectivity index (χ3n) is 2.58. The summed E-state index contributed by atoms with van der Waals surface area (Å²) in [5, 5.41) is 7.28. The van der Waals surface area contributed by atoms with Crippen LogP contribution in [0.25, 0.3) is 0 Å². The zero-order chi connectivity index (χ0) is 13.2. The predicted molar refractivity (Wildman–Crippen MR) is 70.7 cm³/mol. The first-order valence-electron chi connectivity index (χ1n) is 5.61. The molecule has 6 heteroatoms. The molecule has 0 radical (unpaired) electrons. The molecule has 0 aliphatic heterocycles. The van der Waals surface area contributed by atoms with Crippen LogP contribution in [0.15, 0.2) is 41.4 Å². The van der Waals surface area contributed by atoms with E-state index >= 15 is 0 Å². The highest BCUT2D eigenvalue weighted by Crippen LogP contribution is 2.18. The van der Waals surface area contributed by atoms with Gasteiger partial charge in [0.05, 0.1) is 10.6 Å². The van der Waals surface area contributed by atoms with Crippen LogP contribution in [0.3, 0.4) is 0 Å². The quantitative estimate of drug-likeness (QED) is 0.917. The average Bonchev–Trinajstić information content (AvgIpc) is 2.75. The topological polar surface area (TPSA) is 64.0 Å². The Bertz CT molecular complexity index is 630. The molecule has 2 aromatic rings. The monoisotopic (exact) mass is 265 g/mol. The van der Waals surface area contributed by atoms with Crippen molar-refractivity contribution < 1.29 is 8.42 Å². The Kier molecular flexibility index (Phi) is 3.38. The molecular formula is C12H15N3O2S. The fourth-order valence-corrected chi connectivity index (χ4v) is 2.43. The predicted octanol–water partition coefficient (Wildman–Crippen LogP) is 1.96. The molecule has 5 nitrogen and oxygen atoms in total. The maximum absolute atomic E-state index is 11.6. The molecule has 0 fully saturated rings. The third kappa shape index (κ3) is 2.70. The van der Waals surface area contributed by atoms with Gasteiger partial charge in [0.15, 0.2) is 15.7 Å². The van der Waals surface area contributed by atoms with Crippen LogP contribution < -0.4 is 5.32 Å². The summed E-state index contributed by atoms with van der Waals surface area (Å²) >= 11 is 0. The largest absolute Gasteiger partial charge is 0.339 e. The highest BCUT2D eigenvalue weighted by atomic mass is 32.2. The van der Waals surface area contributed by atoms with E-state index in [1.165, 1.54) is 0 Å². The van der Waals surface area contributed by atoms with Crippen molar-refractivity contribution >= 4 is 21.3 Å². The Morgan fingerprint density at radius 1 is 1.22 bits per heavy atom. The Morgan fingerprint density at radius 2 is 1.89 bits per heavy atom. The number of aryl methyl sites for hydroxylation is 1. The molecule has 0 bridgehead atoms. The highest BCUT2D eigenvalue weighted by Gasteiger charge is 2.10. The molecule has 1 aromatic heterocycles. The molecule has 0 atom stereocenters. The van der Waals surface area contributed by atoms with E-state index in [1.54, 1.807) is 35.9 Å². The van der Waals surface area contributed by atoms with E-state index < -0.39 is 9.84 Å². The van der Waals surface area contributed by atoms with Gasteiger partial charge in [0.2, 0.25) is 0 Å². The summed E-state index contributed by atoms with van der Waals surface area (Å²) in [4.78, 5) is 0.344. The second-order valence-electron chi connectivity index (χ2n) is 3.93. The molecule has 2 rings (SSSR count). The van der Waals surface area contributed by atoms with Gasteiger partial charge in [0.25, 0.3) is 0 Å². The van der Waals surface area contributed by atoms with E-state index in [0.717, 1.165) is 11.5 Å². The van der Waals surface area contributed by atoms with Crippen molar-refractivity contribution in [1.29, 1.82) is 0 Å². The number of anilines is 2. The minimum atomic E-state index is -3.13. The van der Waals surface area contributed by atoms with Gasteiger partial charge in [-0.05, 0) is 24.3 Å². The van der Waals surface area contributed by atoms with Crippen LogP contribution in [0.2, 0.25) is 0 Å². The first-order valence-corrected chi connectivity index (χ1v) is 7.26. The Labute approximate surface area is 106 Å². The maximum Gasteiger partial charge on any atom is 0.178 e. The van der Waals surface area contributed by atoms with E-state index in [-0.39, 0.29) is 5.75 Å². The van der Waals surface area contributed by atoms with E-state index in [1.807, 2.05) is 19.3 Å². The summed E-state index contributed by atoms with van der Waals surface area (Å²) in [6.45, 7) is 1.63. The smallest absolute Gasteiger partial charge is 0.178 e. The Hall–Kier alpha value is -1.82. The summed E-state index contributed by atoms with van der Waals surface area (Å²) in [6, 6.07) is 8.51. The first kappa shape index (κ1) is 12.6. The summed E-state index contributed by atoms with van der Waals surface area (Å²) in [6.07, 6.45) is 1.83. The summed E-state index contributed by atoms with van der Waals surface area (Å²) < 4.78 is 25.0. The molecule has 0 amide bonds. The number of nitrogens with one attached hydrogen (secondary N) is 1. The minimum Gasteiger partial charge on any atom is -0.339 e. The number of sulfone groups is 1. The molecule has 96 valence electrons. The van der Waals surface area contributed by atoms with Crippen LogP contribution >= 0.6 is 0 Å². The number of rotatable bonds is 4. The number of nitrogens with zero attached hydrogens (tertiary/aromatic N) is 2. The molecule has 1 heterocycles. The molecule has 0 spiro atoms. The molecule has 1 N–H and O–H groups in total. The summed E-state index contributed by atoms with van der Waals surface area (Å²) in [5.41, 5.74) is 0.809. The molecule has 1 aromatic carbocycles. The van der Waals surface area contributed by atoms with Gasteiger partial charge in [-0.1, -0.05) is 6.92 Å². The summed E-state index contributed by atoms with van der Waals surface area (Å²) in [5.74, 6) is 0.837. The van der Waals surface area contributed by atoms with Crippen molar-refractivity contribution in [2.75, 3.05) is 11.1 Å². The average molecular weight is 265 g/mol. The van der Waals surface area contributed by atoms with Crippen LogP contribution in [0.1, 0.15) is 6.92 Å². The van der Waals surface area contributed by atoms with Crippen molar-refractivity contribution in [2.45, 2.75) is 11.8 Å². The lowest BCUT2D eigenvalue weighted by atomic mass is 10.3. The number of hydrogen-bond acceptors (Lipinski definition) is 4. The lowest BCUT2D eigenvalue weighted by Crippen LogP contribution is -2.03. The summed E-state index contributed by atoms with van der Waals surface area (Å²) in [7, 11) is -1.30. The van der Waals surface area contributed by atoms with Crippen LogP contribution in [-0.2, 0) is 16.9 Å². The van der Waals surface area contributed by atoms with Crippen molar-refractivity contribution in [3.8, 4) is 0 Å². The zero-order valence-electron chi connectivity index (χ0n) is 10.3. The third-order valence-corrected chi connectivity index (χ3v) is 4.33. The van der Waals surface area contributed by atoms with Crippen molar-refractivity contribution in [3.63, 3.8) is 0 Å². The molecule has 0 saturated heterocycles. The van der Waals surface area contributed by atoms with Crippen LogP contribution in [-0.4, -0.2) is 24.0 Å². The van der Waals surface area contributed by atoms with Gasteiger partial charge in [0, 0.05) is 25.0 Å². The second-order valence-corrected chi connectivity index (χ2v) is 6.21. The maximum atomic E-state index is 11.6. The molecule has 0 saturated carbocycles. The first-order chi connectivity index (χ1) is 8.51. The molecular weight excluding hydrogens is 250 g/mol. The zero-order valence-corrected chi connectivity index (χ0v) is 11.1. The van der Waals surface area contributed by atoms with E-state index in [9.17, 15) is 8.42 Å². The van der Waals surface area contributed by atoms with Gasteiger partial charge in [-0.3, -0.25) is 4.68 Å². The molecule has 18 heavy (non-hydrogen) atoms. The normalized spacial score (nSPS) is 11.4. The van der Waals surface area contributed by atoms with E-state index in [2.05, 4.69) is 10.4 Å². The van der Waals surface area contributed by atoms with Crippen molar-refractivity contribution in [1.82, 2.24) is 9.78 Å². The van der Waals surface area contributed by atoms with Crippen LogP contribution in [0.4, 0.5) is 11.5 Å². The number of aromatic nitrogens is 2. The van der Waals surface area contributed by atoms with Crippen molar-refractivity contribution in [2.24, 2.45) is 7.05 Å². The lowest BCUT2D eigenvalue weighted by molar-refractivity contribution is 0.597. The van der Waals surface area contributed by atoms with Gasteiger partial charge < -0.3 is 5.32 Å². The lowest BCUT2D eigenvalue weighted by Gasteiger charge is -2.05. The molecule has 0 aliphatic rings. The van der Waals surface area contributed by atoms with Gasteiger partial charge in [-0.15, -0.1) is 0 Å². The number of benzene rings is 1. The van der Waals surface area contributed by atoms with Gasteiger partial charge >= 0.3 is 0 Å². The molecule has 0 aliphatic carbocycles. The highest BCUT2D eigenvalue weighted by molar-refractivity contribution is 7.91. The van der Waals surface area contributed by atoms with Crippen LogP contribution in [0, 0.1) is 0 Å². The van der Waals surface area contributed by atoms with E-state index in [4.69, 9.17) is 0 Å².